The Hall–Kier alpha value is -2.04. The van der Waals surface area contributed by atoms with E-state index in [0.29, 0.717) is 6.54 Å². The number of unbranched alkanes of at least 4 members (excludes halogenated alkanes) is 3. The van der Waals surface area contributed by atoms with Crippen LogP contribution < -0.4 is 5.32 Å². The van der Waals surface area contributed by atoms with Crippen molar-refractivity contribution in [1.29, 1.82) is 0 Å². The number of hydrogen-bond donors (Lipinski definition) is 2. The second-order valence-corrected chi connectivity index (χ2v) is 6.79. The number of ether oxygens (including phenoxy) is 1. The maximum absolute atomic E-state index is 11.5. The Morgan fingerprint density at radius 3 is 2.65 bits per heavy atom. The van der Waals surface area contributed by atoms with E-state index in [2.05, 4.69) is 15.3 Å². The van der Waals surface area contributed by atoms with Crippen LogP contribution in [-0.2, 0) is 11.2 Å². The Morgan fingerprint density at radius 2 is 1.91 bits per heavy atom. The molecule has 2 aromatic rings. The van der Waals surface area contributed by atoms with Crippen molar-refractivity contribution in [1.82, 2.24) is 15.3 Å². The Bertz CT molecular complexity index is 595. The highest BCUT2D eigenvalue weighted by molar-refractivity contribution is 5.74. The predicted octanol–water partition coefficient (Wildman–Crippen LogP) is 4.19. The minimum absolute atomic E-state index is 0.334. The molecular formula is C18H27N3O2. The topological polar surface area (TPSA) is 67.0 Å². The van der Waals surface area contributed by atoms with Crippen LogP contribution in [0.5, 0.6) is 0 Å². The van der Waals surface area contributed by atoms with Gasteiger partial charge in [-0.3, -0.25) is 0 Å². The molecule has 0 bridgehead atoms. The number of benzene rings is 1. The zero-order chi connectivity index (χ0) is 16.7. The average molecular weight is 317 g/mol. The smallest absolute Gasteiger partial charge is 0.407 e. The van der Waals surface area contributed by atoms with Gasteiger partial charge in [-0.15, -0.1) is 0 Å². The predicted molar refractivity (Wildman–Crippen MR) is 92.5 cm³/mol. The van der Waals surface area contributed by atoms with E-state index < -0.39 is 5.60 Å². The molecule has 0 aliphatic heterocycles. The largest absolute Gasteiger partial charge is 0.444 e. The molecule has 5 nitrogen and oxygen atoms in total. The van der Waals surface area contributed by atoms with Gasteiger partial charge in [0.2, 0.25) is 0 Å². The van der Waals surface area contributed by atoms with E-state index in [9.17, 15) is 4.79 Å². The summed E-state index contributed by atoms with van der Waals surface area (Å²) in [6, 6.07) is 8.10. The number of alkyl carbamates (subject to hydrolysis) is 1. The van der Waals surface area contributed by atoms with Crippen molar-refractivity contribution >= 4 is 17.1 Å². The number of aryl methyl sites for hydroxylation is 1. The molecule has 126 valence electrons. The second-order valence-electron chi connectivity index (χ2n) is 6.79. The van der Waals surface area contributed by atoms with Crippen LogP contribution >= 0.6 is 0 Å². The van der Waals surface area contributed by atoms with Crippen LogP contribution in [0.25, 0.3) is 11.0 Å². The van der Waals surface area contributed by atoms with Gasteiger partial charge in [0.25, 0.3) is 0 Å². The highest BCUT2D eigenvalue weighted by atomic mass is 16.6. The summed E-state index contributed by atoms with van der Waals surface area (Å²) in [6.45, 7) is 6.26. The Morgan fingerprint density at radius 1 is 1.17 bits per heavy atom. The maximum atomic E-state index is 11.5. The number of carbonyl (C=O) groups excluding carboxylic acids is 1. The first-order valence-electron chi connectivity index (χ1n) is 8.34. The van der Waals surface area contributed by atoms with Crippen LogP contribution in [0.15, 0.2) is 24.3 Å². The lowest BCUT2D eigenvalue weighted by Crippen LogP contribution is -2.32. The molecule has 0 unspecified atom stereocenters. The van der Waals surface area contributed by atoms with Crippen molar-refractivity contribution in [3.8, 4) is 0 Å². The first-order valence-corrected chi connectivity index (χ1v) is 8.34. The zero-order valence-corrected chi connectivity index (χ0v) is 14.3. The zero-order valence-electron chi connectivity index (χ0n) is 14.3. The number of para-hydroxylation sites is 2. The molecule has 1 aromatic carbocycles. The Kier molecular flexibility index (Phi) is 6.02. The third-order valence-corrected chi connectivity index (χ3v) is 3.45. The molecule has 2 N–H and O–H groups in total. The summed E-state index contributed by atoms with van der Waals surface area (Å²) < 4.78 is 5.19. The van der Waals surface area contributed by atoms with E-state index in [1.165, 1.54) is 0 Å². The van der Waals surface area contributed by atoms with E-state index in [1.54, 1.807) is 0 Å². The normalized spacial score (nSPS) is 11.6. The average Bonchev–Trinajstić information content (AvgIpc) is 2.87. The van der Waals surface area contributed by atoms with Crippen molar-refractivity contribution in [2.75, 3.05) is 6.54 Å². The van der Waals surface area contributed by atoms with Crippen LogP contribution in [0.1, 0.15) is 52.3 Å². The van der Waals surface area contributed by atoms with Crippen molar-refractivity contribution in [2.45, 2.75) is 58.5 Å². The molecule has 0 spiro atoms. The second kappa shape index (κ2) is 7.99. The van der Waals surface area contributed by atoms with Gasteiger partial charge in [-0.2, -0.15) is 0 Å². The standard InChI is InChI=1S/C18H27N3O2/c1-18(2,3)23-17(22)19-13-9-5-4-6-12-16-20-14-10-7-8-11-15(14)21-16/h7-8,10-11H,4-6,9,12-13H2,1-3H3,(H,19,22)(H,20,21). The van der Waals surface area contributed by atoms with Crippen molar-refractivity contribution < 1.29 is 9.53 Å². The van der Waals surface area contributed by atoms with Crippen molar-refractivity contribution in [2.24, 2.45) is 0 Å². The molecule has 23 heavy (non-hydrogen) atoms. The molecule has 0 radical (unpaired) electrons. The third kappa shape index (κ3) is 6.30. The maximum Gasteiger partial charge on any atom is 0.407 e. The Balaban J connectivity index is 1.55. The lowest BCUT2D eigenvalue weighted by molar-refractivity contribution is 0.0527. The van der Waals surface area contributed by atoms with E-state index in [0.717, 1.165) is 49.0 Å². The number of aromatic amines is 1. The molecule has 0 atom stereocenters. The van der Waals surface area contributed by atoms with Gasteiger partial charge in [-0.1, -0.05) is 25.0 Å². The summed E-state index contributed by atoms with van der Waals surface area (Å²) >= 11 is 0. The summed E-state index contributed by atoms with van der Waals surface area (Å²) in [5.41, 5.74) is 1.70. The molecule has 5 heteroatoms. The summed E-state index contributed by atoms with van der Waals surface area (Å²) in [7, 11) is 0. The summed E-state index contributed by atoms with van der Waals surface area (Å²) in [6.07, 6.45) is 4.93. The summed E-state index contributed by atoms with van der Waals surface area (Å²) in [5, 5.41) is 2.79. The fourth-order valence-electron chi connectivity index (χ4n) is 2.40. The molecule has 2 rings (SSSR count). The number of carbonyl (C=O) groups is 1. The van der Waals surface area contributed by atoms with E-state index >= 15 is 0 Å². The number of nitrogens with zero attached hydrogens (tertiary/aromatic N) is 1. The van der Waals surface area contributed by atoms with E-state index in [4.69, 9.17) is 4.74 Å². The van der Waals surface area contributed by atoms with Crippen molar-refractivity contribution in [3.63, 3.8) is 0 Å². The lowest BCUT2D eigenvalue weighted by Gasteiger charge is -2.19. The number of H-pyrrole nitrogens is 1. The van der Waals surface area contributed by atoms with Gasteiger partial charge in [0.1, 0.15) is 11.4 Å². The van der Waals surface area contributed by atoms with Gasteiger partial charge in [-0.25, -0.2) is 9.78 Å². The molecular weight excluding hydrogens is 290 g/mol. The molecule has 1 heterocycles. The lowest BCUT2D eigenvalue weighted by atomic mass is 10.1. The van der Waals surface area contributed by atoms with Gasteiger partial charge < -0.3 is 15.0 Å². The van der Waals surface area contributed by atoms with Crippen LogP contribution in [0.4, 0.5) is 4.79 Å². The molecule has 0 aliphatic carbocycles. The van der Waals surface area contributed by atoms with Gasteiger partial charge in [0.15, 0.2) is 0 Å². The number of hydrogen-bond acceptors (Lipinski definition) is 3. The van der Waals surface area contributed by atoms with Gasteiger partial charge in [0, 0.05) is 13.0 Å². The fourth-order valence-corrected chi connectivity index (χ4v) is 2.40. The van der Waals surface area contributed by atoms with Crippen molar-refractivity contribution in [3.05, 3.63) is 30.1 Å². The first-order chi connectivity index (χ1) is 10.9. The summed E-state index contributed by atoms with van der Waals surface area (Å²) in [4.78, 5) is 19.4. The van der Waals surface area contributed by atoms with Gasteiger partial charge >= 0.3 is 6.09 Å². The molecule has 0 saturated carbocycles. The number of rotatable bonds is 7. The van der Waals surface area contributed by atoms with Crippen LogP contribution in [-0.4, -0.2) is 28.2 Å². The van der Waals surface area contributed by atoms with E-state index in [-0.39, 0.29) is 6.09 Å². The number of fused-ring (bicyclic) bond motifs is 1. The van der Waals surface area contributed by atoms with Crippen LogP contribution in [0, 0.1) is 0 Å². The van der Waals surface area contributed by atoms with E-state index in [1.807, 2.05) is 45.0 Å². The Labute approximate surface area is 137 Å². The number of amides is 1. The fraction of sp³-hybridized carbons (Fsp3) is 0.556. The molecule has 1 amide bonds. The quantitative estimate of drug-likeness (QED) is 0.752. The molecule has 0 saturated heterocycles. The third-order valence-electron chi connectivity index (χ3n) is 3.45. The monoisotopic (exact) mass is 317 g/mol. The molecule has 1 aromatic heterocycles. The minimum Gasteiger partial charge on any atom is -0.444 e. The minimum atomic E-state index is -0.434. The van der Waals surface area contributed by atoms with Crippen LogP contribution in [0.2, 0.25) is 0 Å². The molecule has 0 aliphatic rings. The molecule has 0 fully saturated rings. The first kappa shape index (κ1) is 17.3. The van der Waals surface area contributed by atoms with Gasteiger partial charge in [0.05, 0.1) is 11.0 Å². The number of imidazole rings is 1. The highest BCUT2D eigenvalue weighted by Gasteiger charge is 2.15. The SMILES string of the molecule is CC(C)(C)OC(=O)NCCCCCCc1nc2ccccc2[nH]1. The number of nitrogens with one attached hydrogen (secondary N) is 2. The van der Waals surface area contributed by atoms with Crippen LogP contribution in [0.3, 0.4) is 0 Å². The van der Waals surface area contributed by atoms with Gasteiger partial charge in [-0.05, 0) is 45.7 Å². The highest BCUT2D eigenvalue weighted by Crippen LogP contribution is 2.12. The number of aromatic nitrogens is 2. The summed E-state index contributed by atoms with van der Waals surface area (Å²) in [5.74, 6) is 1.05.